The van der Waals surface area contributed by atoms with E-state index >= 15 is 0 Å². The highest BCUT2D eigenvalue weighted by Gasteiger charge is 2.29. The molecule has 0 bridgehead atoms. The normalized spacial score (nSPS) is 16.3. The fraction of sp³-hybridized carbons (Fsp3) is 0.188. The number of amides is 1. The number of anilines is 2. The van der Waals surface area contributed by atoms with Crippen molar-refractivity contribution in [3.63, 3.8) is 0 Å². The lowest BCUT2D eigenvalue weighted by atomic mass is 10.1. The number of benzene rings is 2. The number of carbonyl (C=O) groups excluding carboxylic acids is 1. The van der Waals surface area contributed by atoms with Gasteiger partial charge in [0, 0.05) is 6.42 Å². The van der Waals surface area contributed by atoms with Gasteiger partial charge in [0.15, 0.2) is 6.10 Å². The first-order valence-electron chi connectivity index (χ1n) is 7.04. The fourth-order valence-corrected chi connectivity index (χ4v) is 3.00. The van der Waals surface area contributed by atoms with Gasteiger partial charge >= 0.3 is 0 Å². The summed E-state index contributed by atoms with van der Waals surface area (Å²) >= 11 is 0. The molecule has 0 aromatic heterocycles. The average Bonchev–Trinajstić information content (AvgIpc) is 2.92. The first-order chi connectivity index (χ1) is 10.9. The highest BCUT2D eigenvalue weighted by atomic mass is 32.2. The number of nitrogens with one attached hydrogen (secondary N) is 2. The number of hydrogen-bond acceptors (Lipinski definition) is 4. The zero-order valence-electron chi connectivity index (χ0n) is 12.4. The van der Waals surface area contributed by atoms with Crippen molar-refractivity contribution in [2.75, 3.05) is 16.3 Å². The molecule has 0 saturated carbocycles. The van der Waals surface area contributed by atoms with E-state index in [2.05, 4.69) is 10.0 Å². The predicted molar refractivity (Wildman–Crippen MR) is 88.1 cm³/mol. The highest BCUT2D eigenvalue weighted by molar-refractivity contribution is 7.92. The van der Waals surface area contributed by atoms with Gasteiger partial charge in [-0.2, -0.15) is 0 Å². The monoisotopic (exact) mass is 332 g/mol. The molecule has 1 atom stereocenters. The van der Waals surface area contributed by atoms with E-state index in [1.165, 1.54) is 0 Å². The Hall–Kier alpha value is -2.54. The van der Waals surface area contributed by atoms with Gasteiger partial charge in [-0.15, -0.1) is 0 Å². The number of fused-ring (bicyclic) bond motifs is 1. The first kappa shape index (κ1) is 15.4. The molecule has 0 saturated heterocycles. The number of rotatable bonds is 4. The van der Waals surface area contributed by atoms with Crippen LogP contribution in [0.2, 0.25) is 0 Å². The van der Waals surface area contributed by atoms with Crippen molar-refractivity contribution >= 4 is 27.3 Å². The second kappa shape index (κ2) is 5.92. The molecular weight excluding hydrogens is 316 g/mol. The second-order valence-corrected chi connectivity index (χ2v) is 7.08. The molecule has 1 amide bonds. The van der Waals surface area contributed by atoms with Crippen LogP contribution in [0.4, 0.5) is 11.4 Å². The largest absolute Gasteiger partial charge is 0.480 e. The standard InChI is InChI=1S/C16H16N2O4S/c1-23(20,21)18-13-8-4-3-7-12(13)17-16(19)15-10-11-6-2-5-9-14(11)22-15/h2-9,15,18H,10H2,1H3,(H,17,19)/t15-/m0/s1. The van der Waals surface area contributed by atoms with Crippen LogP contribution in [0.1, 0.15) is 5.56 Å². The Kier molecular flexibility index (Phi) is 3.96. The maximum atomic E-state index is 12.4. The van der Waals surface area contributed by atoms with Gasteiger partial charge in [-0.25, -0.2) is 8.42 Å². The van der Waals surface area contributed by atoms with Crippen LogP contribution in [0.5, 0.6) is 5.75 Å². The molecule has 2 N–H and O–H groups in total. The van der Waals surface area contributed by atoms with E-state index in [-0.39, 0.29) is 5.91 Å². The Morgan fingerprint density at radius 1 is 1.09 bits per heavy atom. The van der Waals surface area contributed by atoms with Gasteiger partial charge in [0.1, 0.15) is 5.75 Å². The van der Waals surface area contributed by atoms with Crippen LogP contribution < -0.4 is 14.8 Å². The Morgan fingerprint density at radius 2 is 1.74 bits per heavy atom. The lowest BCUT2D eigenvalue weighted by molar-refractivity contribution is -0.122. The van der Waals surface area contributed by atoms with Crippen LogP contribution >= 0.6 is 0 Å². The third kappa shape index (κ3) is 3.62. The Labute approximate surface area is 134 Å². The van der Waals surface area contributed by atoms with Gasteiger partial charge in [-0.1, -0.05) is 30.3 Å². The molecule has 2 aromatic rings. The summed E-state index contributed by atoms with van der Waals surface area (Å²) in [6.45, 7) is 0. The predicted octanol–water partition coefficient (Wildman–Crippen LogP) is 2.00. The Morgan fingerprint density at radius 3 is 2.43 bits per heavy atom. The maximum absolute atomic E-state index is 12.4. The van der Waals surface area contributed by atoms with Crippen molar-refractivity contribution in [1.29, 1.82) is 0 Å². The SMILES string of the molecule is CS(=O)(=O)Nc1ccccc1NC(=O)[C@@H]1Cc2ccccc2O1. The minimum absolute atomic E-state index is 0.316. The van der Waals surface area contributed by atoms with Gasteiger partial charge in [-0.05, 0) is 23.8 Å². The van der Waals surface area contributed by atoms with Gasteiger partial charge < -0.3 is 10.1 Å². The van der Waals surface area contributed by atoms with E-state index in [9.17, 15) is 13.2 Å². The average molecular weight is 332 g/mol. The molecule has 120 valence electrons. The summed E-state index contributed by atoms with van der Waals surface area (Å²) in [6.07, 6.45) is 0.921. The van der Waals surface area contributed by atoms with Crippen LogP contribution in [0.15, 0.2) is 48.5 Å². The molecule has 1 aliphatic rings. The van der Waals surface area contributed by atoms with E-state index in [0.717, 1.165) is 11.8 Å². The van der Waals surface area contributed by atoms with Gasteiger partial charge in [0.05, 0.1) is 17.6 Å². The van der Waals surface area contributed by atoms with Gasteiger partial charge in [0.25, 0.3) is 5.91 Å². The van der Waals surface area contributed by atoms with E-state index in [1.807, 2.05) is 24.3 Å². The Bertz CT molecular complexity index is 824. The van der Waals surface area contributed by atoms with Crippen LogP contribution in [-0.4, -0.2) is 26.7 Å². The van der Waals surface area contributed by atoms with Crippen molar-refractivity contribution in [2.45, 2.75) is 12.5 Å². The molecule has 0 spiro atoms. The summed E-state index contributed by atoms with van der Waals surface area (Å²) in [7, 11) is -3.43. The lowest BCUT2D eigenvalue weighted by Crippen LogP contribution is -2.31. The molecular formula is C16H16N2O4S. The van der Waals surface area contributed by atoms with E-state index in [0.29, 0.717) is 23.5 Å². The molecule has 6 nitrogen and oxygen atoms in total. The van der Waals surface area contributed by atoms with Gasteiger partial charge in [0.2, 0.25) is 10.0 Å². The number of para-hydroxylation sites is 3. The number of ether oxygens (including phenoxy) is 1. The molecule has 3 rings (SSSR count). The van der Waals surface area contributed by atoms with E-state index in [4.69, 9.17) is 4.74 Å². The third-order valence-electron chi connectivity index (χ3n) is 3.42. The summed E-state index contributed by atoms with van der Waals surface area (Å²) in [4.78, 5) is 12.4. The van der Waals surface area contributed by atoms with Crippen LogP contribution in [-0.2, 0) is 21.2 Å². The summed E-state index contributed by atoms with van der Waals surface area (Å²) in [5.74, 6) is 0.388. The molecule has 1 heterocycles. The van der Waals surface area contributed by atoms with Crippen molar-refractivity contribution < 1.29 is 17.9 Å². The van der Waals surface area contributed by atoms with E-state index in [1.54, 1.807) is 24.3 Å². The van der Waals surface area contributed by atoms with Crippen LogP contribution in [0.25, 0.3) is 0 Å². The first-order valence-corrected chi connectivity index (χ1v) is 8.94. The Balaban J connectivity index is 1.75. The van der Waals surface area contributed by atoms with E-state index < -0.39 is 16.1 Å². The summed E-state index contributed by atoms with van der Waals surface area (Å²) in [5.41, 5.74) is 1.69. The minimum Gasteiger partial charge on any atom is -0.480 e. The van der Waals surface area contributed by atoms with Crippen molar-refractivity contribution in [2.24, 2.45) is 0 Å². The highest BCUT2D eigenvalue weighted by Crippen LogP contribution is 2.29. The summed E-state index contributed by atoms with van der Waals surface area (Å²) < 4.78 is 30.8. The quantitative estimate of drug-likeness (QED) is 0.897. The molecule has 2 aromatic carbocycles. The smallest absolute Gasteiger partial charge is 0.265 e. The summed E-state index contributed by atoms with van der Waals surface area (Å²) in [5, 5.41) is 2.72. The maximum Gasteiger partial charge on any atom is 0.265 e. The zero-order valence-corrected chi connectivity index (χ0v) is 13.3. The lowest BCUT2D eigenvalue weighted by Gasteiger charge is -2.14. The number of hydrogen-bond donors (Lipinski definition) is 2. The molecule has 0 unspecified atom stereocenters. The third-order valence-corrected chi connectivity index (χ3v) is 4.01. The molecule has 0 fully saturated rings. The molecule has 23 heavy (non-hydrogen) atoms. The molecule has 0 radical (unpaired) electrons. The van der Waals surface area contributed by atoms with Crippen LogP contribution in [0, 0.1) is 0 Å². The van der Waals surface area contributed by atoms with Crippen LogP contribution in [0.3, 0.4) is 0 Å². The molecule has 0 aliphatic carbocycles. The number of sulfonamides is 1. The van der Waals surface area contributed by atoms with Crippen molar-refractivity contribution in [3.8, 4) is 5.75 Å². The second-order valence-electron chi connectivity index (χ2n) is 5.33. The molecule has 1 aliphatic heterocycles. The summed E-state index contributed by atoms with van der Waals surface area (Å²) in [6, 6.07) is 14.1. The molecule has 7 heteroatoms. The number of carbonyl (C=O) groups is 1. The minimum atomic E-state index is -3.43. The topological polar surface area (TPSA) is 84.5 Å². The van der Waals surface area contributed by atoms with Gasteiger partial charge in [-0.3, -0.25) is 9.52 Å². The zero-order chi connectivity index (χ0) is 16.4. The fourth-order valence-electron chi connectivity index (χ4n) is 2.42. The van der Waals surface area contributed by atoms with Crippen molar-refractivity contribution in [1.82, 2.24) is 0 Å². The van der Waals surface area contributed by atoms with Crippen molar-refractivity contribution in [3.05, 3.63) is 54.1 Å².